The summed E-state index contributed by atoms with van der Waals surface area (Å²) in [4.78, 5) is 0. The van der Waals surface area contributed by atoms with E-state index in [0.29, 0.717) is 12.5 Å². The first kappa shape index (κ1) is 30.8. The smallest absolute Gasteiger partial charge is 0.0254 e. The lowest BCUT2D eigenvalue weighted by Gasteiger charge is -2.28. The van der Waals surface area contributed by atoms with Crippen LogP contribution in [0.5, 0.6) is 0 Å². The molecular weight excluding hydrogens is 306 g/mol. The maximum Gasteiger partial charge on any atom is 0.0254 e. The summed E-state index contributed by atoms with van der Waals surface area (Å²) in [7, 11) is 0. The number of rotatable bonds is 6. The summed E-state index contributed by atoms with van der Waals surface area (Å²) < 4.78 is 0. The predicted octanol–water partition coefficient (Wildman–Crippen LogP) is 0.921. The summed E-state index contributed by atoms with van der Waals surface area (Å²) in [5.41, 5.74) is 17.1. The Balaban J connectivity index is -0.000000120. The molecule has 4 nitrogen and oxygen atoms in total. The summed E-state index contributed by atoms with van der Waals surface area (Å²) in [5, 5.41) is 3.34. The van der Waals surface area contributed by atoms with Crippen LogP contribution in [0.2, 0.25) is 0 Å². The van der Waals surface area contributed by atoms with Crippen LogP contribution in [0.4, 0.5) is 0 Å². The molecule has 112 valence electrons. The van der Waals surface area contributed by atoms with Crippen molar-refractivity contribution in [3.05, 3.63) is 0 Å². The van der Waals surface area contributed by atoms with Gasteiger partial charge in [0.2, 0.25) is 0 Å². The highest BCUT2D eigenvalue weighted by Crippen LogP contribution is 2.04. The number of nitrogens with one attached hydrogen (secondary N) is 1. The van der Waals surface area contributed by atoms with E-state index in [1.54, 1.807) is 0 Å². The van der Waals surface area contributed by atoms with Crippen molar-refractivity contribution in [3.63, 3.8) is 0 Å². The summed E-state index contributed by atoms with van der Waals surface area (Å²) in [6, 6.07) is 0.527. The fourth-order valence-electron chi connectivity index (χ4n) is 1.37. The lowest BCUT2D eigenvalue weighted by molar-refractivity contribution is 0.334. The number of hydrogen-bond acceptors (Lipinski definition) is 4. The highest BCUT2D eigenvalue weighted by Gasteiger charge is 2.19. The highest BCUT2D eigenvalue weighted by molar-refractivity contribution is 5.86. The van der Waals surface area contributed by atoms with E-state index in [4.69, 9.17) is 17.2 Å². The molecule has 4 atom stereocenters. The molecule has 0 radical (unpaired) electrons. The molecule has 0 aromatic rings. The van der Waals surface area contributed by atoms with Crippen molar-refractivity contribution in [2.45, 2.75) is 38.9 Å². The summed E-state index contributed by atoms with van der Waals surface area (Å²) in [6.45, 7) is 7.50. The van der Waals surface area contributed by atoms with Gasteiger partial charge in [-0.1, -0.05) is 6.92 Å². The van der Waals surface area contributed by atoms with Gasteiger partial charge in [0.15, 0.2) is 0 Å². The van der Waals surface area contributed by atoms with Crippen LogP contribution in [0.25, 0.3) is 0 Å². The summed E-state index contributed by atoms with van der Waals surface area (Å²) in [6.07, 6.45) is 0. The zero-order chi connectivity index (χ0) is 10.4. The average molecular weight is 334 g/mol. The van der Waals surface area contributed by atoms with Crippen molar-refractivity contribution in [3.8, 4) is 0 Å². The molecule has 0 heterocycles. The standard InChI is InChI=1S/C9H24N4.4ClH/c1-6(4-10)9(8(3)12)13-5-7(2)11;;;;/h6-9,13H,4-5,10-12H2,1-3H3;4*1H. The SMILES string of the molecule is CC(N)CNC(C(C)N)C(C)CN.Cl.Cl.Cl.Cl. The Bertz CT molecular complexity index is 138. The normalized spacial score (nSPS) is 15.9. The minimum atomic E-state index is 0. The van der Waals surface area contributed by atoms with E-state index in [-0.39, 0.29) is 67.8 Å². The topological polar surface area (TPSA) is 90.1 Å². The van der Waals surface area contributed by atoms with E-state index in [9.17, 15) is 0 Å². The van der Waals surface area contributed by atoms with Crippen LogP contribution in [0.3, 0.4) is 0 Å². The zero-order valence-corrected chi connectivity index (χ0v) is 13.9. The van der Waals surface area contributed by atoms with Crippen molar-refractivity contribution in [2.24, 2.45) is 23.1 Å². The molecule has 0 spiro atoms. The number of halogens is 4. The second-order valence-corrected chi connectivity index (χ2v) is 3.98. The Labute approximate surface area is 130 Å². The minimum absolute atomic E-state index is 0. The molecule has 4 unspecified atom stereocenters. The molecular formula is C9H28Cl4N4. The van der Waals surface area contributed by atoms with Crippen LogP contribution in [0, 0.1) is 5.92 Å². The molecule has 0 aromatic carbocycles. The van der Waals surface area contributed by atoms with Gasteiger partial charge in [-0.25, -0.2) is 0 Å². The molecule has 0 aliphatic rings. The second-order valence-electron chi connectivity index (χ2n) is 3.98. The van der Waals surface area contributed by atoms with E-state index < -0.39 is 0 Å². The molecule has 0 saturated heterocycles. The van der Waals surface area contributed by atoms with Gasteiger partial charge in [0.1, 0.15) is 0 Å². The molecule has 0 fully saturated rings. The largest absolute Gasteiger partial charge is 0.330 e. The Hall–Kier alpha value is 1.00. The van der Waals surface area contributed by atoms with Gasteiger partial charge in [-0.15, -0.1) is 49.6 Å². The van der Waals surface area contributed by atoms with Gasteiger partial charge >= 0.3 is 0 Å². The Morgan fingerprint density at radius 3 is 1.59 bits per heavy atom. The van der Waals surface area contributed by atoms with Crippen LogP contribution >= 0.6 is 49.6 Å². The first-order valence-corrected chi connectivity index (χ1v) is 4.93. The van der Waals surface area contributed by atoms with E-state index >= 15 is 0 Å². The Morgan fingerprint density at radius 1 is 0.941 bits per heavy atom. The highest BCUT2D eigenvalue weighted by atomic mass is 35.5. The van der Waals surface area contributed by atoms with Crippen molar-refractivity contribution < 1.29 is 0 Å². The van der Waals surface area contributed by atoms with Gasteiger partial charge in [0.05, 0.1) is 0 Å². The third-order valence-electron chi connectivity index (χ3n) is 2.23. The van der Waals surface area contributed by atoms with Crippen molar-refractivity contribution in [2.75, 3.05) is 13.1 Å². The van der Waals surface area contributed by atoms with Crippen LogP contribution in [0.15, 0.2) is 0 Å². The second kappa shape index (κ2) is 17.0. The molecule has 0 rings (SSSR count). The van der Waals surface area contributed by atoms with Crippen molar-refractivity contribution in [1.29, 1.82) is 0 Å². The lowest BCUT2D eigenvalue weighted by Crippen LogP contribution is -2.51. The Kier molecular flexibility index (Phi) is 30.8. The van der Waals surface area contributed by atoms with E-state index in [1.807, 2.05) is 13.8 Å². The summed E-state index contributed by atoms with van der Waals surface area (Å²) in [5.74, 6) is 0.388. The molecule has 17 heavy (non-hydrogen) atoms. The van der Waals surface area contributed by atoms with Gasteiger partial charge in [-0.05, 0) is 26.3 Å². The molecule has 0 aliphatic carbocycles. The van der Waals surface area contributed by atoms with Crippen LogP contribution < -0.4 is 22.5 Å². The molecule has 8 heteroatoms. The fourth-order valence-corrected chi connectivity index (χ4v) is 1.37. The van der Waals surface area contributed by atoms with Crippen LogP contribution in [0.1, 0.15) is 20.8 Å². The van der Waals surface area contributed by atoms with Crippen molar-refractivity contribution in [1.82, 2.24) is 5.32 Å². The maximum atomic E-state index is 5.84. The van der Waals surface area contributed by atoms with Crippen molar-refractivity contribution >= 4 is 49.6 Å². The first-order valence-electron chi connectivity index (χ1n) is 4.93. The van der Waals surface area contributed by atoms with Gasteiger partial charge in [-0.2, -0.15) is 0 Å². The van der Waals surface area contributed by atoms with E-state index in [1.165, 1.54) is 0 Å². The lowest BCUT2D eigenvalue weighted by atomic mass is 9.96. The van der Waals surface area contributed by atoms with Gasteiger partial charge in [0.25, 0.3) is 0 Å². The van der Waals surface area contributed by atoms with Crippen LogP contribution in [-0.4, -0.2) is 31.2 Å². The number of hydrogen-bond donors (Lipinski definition) is 4. The monoisotopic (exact) mass is 332 g/mol. The predicted molar refractivity (Wildman–Crippen MR) is 86.3 cm³/mol. The summed E-state index contributed by atoms with van der Waals surface area (Å²) >= 11 is 0. The molecule has 0 aliphatic heterocycles. The first-order chi connectivity index (χ1) is 5.99. The minimum Gasteiger partial charge on any atom is -0.330 e. The molecule has 0 bridgehead atoms. The average Bonchev–Trinajstić information content (AvgIpc) is 2.03. The molecule has 0 aromatic heterocycles. The quantitative estimate of drug-likeness (QED) is 0.582. The van der Waals surface area contributed by atoms with Gasteiger partial charge in [-0.3, -0.25) is 0 Å². The maximum absolute atomic E-state index is 5.84. The van der Waals surface area contributed by atoms with Crippen LogP contribution in [-0.2, 0) is 0 Å². The van der Waals surface area contributed by atoms with E-state index in [2.05, 4.69) is 12.2 Å². The molecule has 0 amide bonds. The fraction of sp³-hybridized carbons (Fsp3) is 1.00. The zero-order valence-electron chi connectivity index (χ0n) is 10.6. The van der Waals surface area contributed by atoms with E-state index in [0.717, 1.165) is 6.54 Å². The Morgan fingerprint density at radius 2 is 1.35 bits per heavy atom. The number of nitrogens with two attached hydrogens (primary N) is 3. The van der Waals surface area contributed by atoms with Gasteiger partial charge < -0.3 is 22.5 Å². The van der Waals surface area contributed by atoms with Gasteiger partial charge in [0, 0.05) is 24.7 Å². The third-order valence-corrected chi connectivity index (χ3v) is 2.23. The third kappa shape index (κ3) is 14.9. The molecule has 7 N–H and O–H groups in total. The molecule has 0 saturated carbocycles.